The molecule has 0 amide bonds. The summed E-state index contributed by atoms with van der Waals surface area (Å²) in [5.74, 6) is 0. The number of nitriles is 1. The third-order valence-corrected chi connectivity index (χ3v) is 9.13. The van der Waals surface area contributed by atoms with Gasteiger partial charge in [-0.15, -0.1) is 0 Å². The molecule has 42 heavy (non-hydrogen) atoms. The van der Waals surface area contributed by atoms with Crippen molar-refractivity contribution in [2.24, 2.45) is 0 Å². The third-order valence-electron chi connectivity index (χ3n) is 9.13. The van der Waals surface area contributed by atoms with Gasteiger partial charge in [0, 0.05) is 0 Å². The van der Waals surface area contributed by atoms with Gasteiger partial charge in [0.05, 0.1) is 23.7 Å². The molecule has 0 aromatic heterocycles. The van der Waals surface area contributed by atoms with Crippen molar-refractivity contribution in [3.05, 3.63) is 144 Å². The number of allylic oxidation sites excluding steroid dienone is 4. The number of dihydropyridines is 2. The van der Waals surface area contributed by atoms with E-state index in [4.69, 9.17) is 0 Å². The molecule has 196 valence electrons. The Labute approximate surface area is 243 Å². The highest BCUT2D eigenvalue weighted by Gasteiger charge is 2.25. The molecule has 2 N–H and O–H groups in total. The predicted octanol–water partition coefficient (Wildman–Crippen LogP) is 9.25. The number of nitrogens with one attached hydrogen (secondary N) is 2. The molecule has 2 atom stereocenters. The molecule has 0 spiro atoms. The second kappa shape index (κ2) is 8.70. The van der Waals surface area contributed by atoms with E-state index < -0.39 is 0 Å². The first-order valence-electron chi connectivity index (χ1n) is 14.4. The first-order chi connectivity index (χ1) is 20.8. The van der Waals surface area contributed by atoms with Crippen LogP contribution in [0.25, 0.3) is 65.3 Å². The van der Waals surface area contributed by atoms with E-state index >= 15 is 0 Å². The van der Waals surface area contributed by atoms with E-state index in [1.165, 1.54) is 65.7 Å². The standard InChI is InChI=1S/C39H25N3/c40-22-23-13-14-25-28(17-23)35(37-11-1-3-15-41-37)21-33-29(25)20-36(38-12-2-4-16-42-38)34-19-31-27-10-6-8-24-7-5-9-26(39(24)27)30(31)18-32(33)34/h1-21,37-38,41-42H. The molecular weight excluding hydrogens is 510 g/mol. The number of hydrogen-bond acceptors (Lipinski definition) is 3. The highest BCUT2D eigenvalue weighted by molar-refractivity contribution is 6.23. The summed E-state index contributed by atoms with van der Waals surface area (Å²) in [4.78, 5) is 0. The molecular formula is C39H25N3. The predicted molar refractivity (Wildman–Crippen MR) is 174 cm³/mol. The van der Waals surface area contributed by atoms with Crippen molar-refractivity contribution in [3.63, 3.8) is 0 Å². The van der Waals surface area contributed by atoms with E-state index in [0.29, 0.717) is 5.56 Å². The molecule has 3 aliphatic rings. The van der Waals surface area contributed by atoms with E-state index in [1.54, 1.807) is 0 Å². The SMILES string of the molecule is N#Cc1ccc2c(c1)c(C1C=CC=CN1)cc1c3cc4c(cc3c(C3C=CC=CN3)cc21)-c1cccc2cccc-4c12. The molecule has 0 radical (unpaired) electrons. The second-order valence-electron chi connectivity index (χ2n) is 11.3. The quantitative estimate of drug-likeness (QED) is 0.217. The monoisotopic (exact) mass is 535 g/mol. The Morgan fingerprint density at radius 3 is 1.69 bits per heavy atom. The van der Waals surface area contributed by atoms with Crippen LogP contribution < -0.4 is 10.6 Å². The van der Waals surface area contributed by atoms with Crippen molar-refractivity contribution >= 4 is 43.1 Å². The Morgan fingerprint density at radius 1 is 0.524 bits per heavy atom. The lowest BCUT2D eigenvalue weighted by atomic mass is 9.85. The minimum atomic E-state index is 0.0195. The average Bonchev–Trinajstić information content (AvgIpc) is 3.37. The third kappa shape index (κ3) is 3.21. The summed E-state index contributed by atoms with van der Waals surface area (Å²) in [6, 6.07) is 31.4. The molecule has 0 saturated carbocycles. The summed E-state index contributed by atoms with van der Waals surface area (Å²) < 4.78 is 0. The summed E-state index contributed by atoms with van der Waals surface area (Å²) in [6.45, 7) is 0. The maximum Gasteiger partial charge on any atom is 0.0991 e. The highest BCUT2D eigenvalue weighted by Crippen LogP contribution is 2.50. The van der Waals surface area contributed by atoms with Gasteiger partial charge in [0.2, 0.25) is 0 Å². The van der Waals surface area contributed by atoms with Crippen molar-refractivity contribution in [1.82, 2.24) is 10.6 Å². The molecule has 2 aliphatic heterocycles. The summed E-state index contributed by atoms with van der Waals surface area (Å²) >= 11 is 0. The van der Waals surface area contributed by atoms with Crippen LogP contribution in [0.5, 0.6) is 0 Å². The van der Waals surface area contributed by atoms with Crippen LogP contribution in [-0.2, 0) is 0 Å². The largest absolute Gasteiger partial charge is 0.381 e. The van der Waals surface area contributed by atoms with Gasteiger partial charge in [-0.05, 0) is 137 Å². The van der Waals surface area contributed by atoms with E-state index in [2.05, 4.69) is 108 Å². The highest BCUT2D eigenvalue weighted by atomic mass is 14.9. The van der Waals surface area contributed by atoms with Gasteiger partial charge in [-0.2, -0.15) is 5.26 Å². The Kier molecular flexibility index (Phi) is 4.80. The minimum absolute atomic E-state index is 0.0195. The van der Waals surface area contributed by atoms with Crippen molar-refractivity contribution in [3.8, 4) is 28.3 Å². The van der Waals surface area contributed by atoms with Crippen LogP contribution >= 0.6 is 0 Å². The van der Waals surface area contributed by atoms with Gasteiger partial charge < -0.3 is 10.6 Å². The van der Waals surface area contributed by atoms with Crippen molar-refractivity contribution in [2.45, 2.75) is 12.1 Å². The summed E-state index contributed by atoms with van der Waals surface area (Å²) in [6.07, 6.45) is 16.7. The van der Waals surface area contributed by atoms with E-state index in [9.17, 15) is 5.26 Å². The molecule has 1 aliphatic carbocycles. The zero-order valence-electron chi connectivity index (χ0n) is 22.7. The number of hydrogen-bond donors (Lipinski definition) is 2. The van der Waals surface area contributed by atoms with Crippen molar-refractivity contribution < 1.29 is 0 Å². The second-order valence-corrected chi connectivity index (χ2v) is 11.3. The zero-order chi connectivity index (χ0) is 27.8. The van der Waals surface area contributed by atoms with Crippen LogP contribution in [-0.4, -0.2) is 0 Å². The Balaban J connectivity index is 1.44. The number of nitrogens with zero attached hydrogens (tertiary/aromatic N) is 1. The van der Waals surface area contributed by atoms with Crippen LogP contribution in [0.15, 0.2) is 128 Å². The van der Waals surface area contributed by atoms with Crippen LogP contribution in [0.2, 0.25) is 0 Å². The van der Waals surface area contributed by atoms with Gasteiger partial charge in [0.25, 0.3) is 0 Å². The van der Waals surface area contributed by atoms with Crippen LogP contribution in [0.4, 0.5) is 0 Å². The summed E-state index contributed by atoms with van der Waals surface area (Å²) in [7, 11) is 0. The maximum absolute atomic E-state index is 9.78. The molecule has 3 heteroatoms. The Bertz CT molecular complexity index is 2320. The van der Waals surface area contributed by atoms with Gasteiger partial charge in [-0.3, -0.25) is 0 Å². The fourth-order valence-electron chi connectivity index (χ4n) is 7.24. The molecule has 6 aromatic carbocycles. The number of fused-ring (bicyclic) bond motifs is 8. The van der Waals surface area contributed by atoms with Crippen LogP contribution in [0, 0.1) is 11.3 Å². The molecule has 3 nitrogen and oxygen atoms in total. The number of benzene rings is 6. The number of rotatable bonds is 2. The van der Waals surface area contributed by atoms with Gasteiger partial charge in [-0.1, -0.05) is 66.8 Å². The minimum Gasteiger partial charge on any atom is -0.381 e. The van der Waals surface area contributed by atoms with Crippen molar-refractivity contribution in [1.29, 1.82) is 5.26 Å². The van der Waals surface area contributed by atoms with Gasteiger partial charge in [0.15, 0.2) is 0 Å². The molecule has 0 saturated heterocycles. The normalized spacial score (nSPS) is 18.0. The van der Waals surface area contributed by atoms with Crippen LogP contribution in [0.3, 0.4) is 0 Å². The topological polar surface area (TPSA) is 47.9 Å². The van der Waals surface area contributed by atoms with E-state index in [-0.39, 0.29) is 12.1 Å². The molecule has 6 aromatic rings. The fourth-order valence-corrected chi connectivity index (χ4v) is 7.24. The maximum atomic E-state index is 9.78. The molecule has 2 unspecified atom stereocenters. The molecule has 0 bridgehead atoms. The molecule has 2 heterocycles. The molecule has 0 fully saturated rings. The lowest BCUT2D eigenvalue weighted by Crippen LogP contribution is -2.16. The van der Waals surface area contributed by atoms with Gasteiger partial charge in [-0.25, -0.2) is 0 Å². The Morgan fingerprint density at radius 2 is 1.10 bits per heavy atom. The zero-order valence-corrected chi connectivity index (χ0v) is 22.7. The van der Waals surface area contributed by atoms with Gasteiger partial charge >= 0.3 is 0 Å². The fraction of sp³-hybridized carbons (Fsp3) is 0.0513. The van der Waals surface area contributed by atoms with Crippen molar-refractivity contribution in [2.75, 3.05) is 0 Å². The lowest BCUT2D eigenvalue weighted by Gasteiger charge is -2.24. The first-order valence-corrected chi connectivity index (χ1v) is 14.4. The Hall–Kier alpha value is -5.59. The summed E-state index contributed by atoms with van der Waals surface area (Å²) in [5.41, 5.74) is 8.30. The summed E-state index contributed by atoms with van der Waals surface area (Å²) in [5, 5.41) is 26.7. The lowest BCUT2D eigenvalue weighted by molar-refractivity contribution is 0.752. The van der Waals surface area contributed by atoms with Gasteiger partial charge in [0.1, 0.15) is 0 Å². The van der Waals surface area contributed by atoms with E-state index in [0.717, 1.165) is 10.8 Å². The first kappa shape index (κ1) is 23.1. The van der Waals surface area contributed by atoms with E-state index in [1.807, 2.05) is 36.7 Å². The average molecular weight is 536 g/mol. The smallest absolute Gasteiger partial charge is 0.0991 e. The van der Waals surface area contributed by atoms with Crippen LogP contribution in [0.1, 0.15) is 28.8 Å². The molecule has 9 rings (SSSR count).